The second-order valence-corrected chi connectivity index (χ2v) is 2.51. The molecule has 0 atom stereocenters. The van der Waals surface area contributed by atoms with Crippen molar-refractivity contribution in [3.63, 3.8) is 0 Å². The van der Waals surface area contributed by atoms with Gasteiger partial charge in [0.05, 0.1) is 13.0 Å². The third-order valence-electron chi connectivity index (χ3n) is 1.54. The first-order valence-electron chi connectivity index (χ1n) is 4.06. The van der Waals surface area contributed by atoms with Crippen LogP contribution in [0.1, 0.15) is 12.5 Å². The van der Waals surface area contributed by atoms with Crippen LogP contribution in [-0.2, 0) is 16.0 Å². The Morgan fingerprint density at radius 3 is 3.00 bits per heavy atom. The number of esters is 1. The Labute approximate surface area is 75.5 Å². The fourth-order valence-corrected chi connectivity index (χ4v) is 0.963. The van der Waals surface area contributed by atoms with Crippen molar-refractivity contribution >= 4 is 5.97 Å². The number of rotatable bonds is 3. The highest BCUT2D eigenvalue weighted by atomic mass is 16.5. The molecule has 0 radical (unpaired) electrons. The van der Waals surface area contributed by atoms with Gasteiger partial charge in [0.15, 0.2) is 0 Å². The van der Waals surface area contributed by atoms with Crippen LogP contribution < -0.4 is 5.56 Å². The average Bonchev–Trinajstić information content (AvgIpc) is 2.09. The second-order valence-electron chi connectivity index (χ2n) is 2.51. The van der Waals surface area contributed by atoms with Crippen LogP contribution in [0.2, 0.25) is 0 Å². The molecule has 1 heterocycles. The second kappa shape index (κ2) is 4.45. The molecule has 70 valence electrons. The molecule has 0 aliphatic carbocycles. The van der Waals surface area contributed by atoms with Gasteiger partial charge < -0.3 is 9.72 Å². The van der Waals surface area contributed by atoms with E-state index >= 15 is 0 Å². The lowest BCUT2D eigenvalue weighted by Gasteiger charge is -1.99. The summed E-state index contributed by atoms with van der Waals surface area (Å²) in [5, 5.41) is 0. The molecule has 13 heavy (non-hydrogen) atoms. The van der Waals surface area contributed by atoms with Crippen molar-refractivity contribution in [3.05, 3.63) is 34.2 Å². The predicted molar refractivity (Wildman–Crippen MR) is 47.4 cm³/mol. The average molecular weight is 181 g/mol. The first-order chi connectivity index (χ1) is 6.24. The Balaban J connectivity index is 2.69. The number of carbonyl (C=O) groups excluding carboxylic acids is 1. The fraction of sp³-hybridized carbons (Fsp3) is 0.333. The van der Waals surface area contributed by atoms with Crippen LogP contribution in [0.15, 0.2) is 23.1 Å². The highest BCUT2D eigenvalue weighted by Gasteiger charge is 2.05. The molecular formula is C9H11NO3. The summed E-state index contributed by atoms with van der Waals surface area (Å²) in [6, 6.07) is 3.28. The van der Waals surface area contributed by atoms with Gasteiger partial charge in [-0.2, -0.15) is 0 Å². The smallest absolute Gasteiger partial charge is 0.310 e. The molecule has 1 aromatic rings. The van der Waals surface area contributed by atoms with Gasteiger partial charge in [-0.25, -0.2) is 0 Å². The predicted octanol–water partition coefficient (Wildman–Crippen LogP) is 0.480. The van der Waals surface area contributed by atoms with Crippen LogP contribution in [0, 0.1) is 0 Å². The molecule has 0 saturated carbocycles. The van der Waals surface area contributed by atoms with E-state index in [-0.39, 0.29) is 17.9 Å². The normalized spacial score (nSPS) is 9.62. The van der Waals surface area contributed by atoms with Crippen molar-refractivity contribution < 1.29 is 9.53 Å². The molecule has 1 aromatic heterocycles. The molecular weight excluding hydrogens is 170 g/mol. The zero-order valence-corrected chi connectivity index (χ0v) is 7.37. The minimum absolute atomic E-state index is 0.0318. The van der Waals surface area contributed by atoms with E-state index in [4.69, 9.17) is 4.74 Å². The number of nitrogens with one attached hydrogen (secondary N) is 1. The van der Waals surface area contributed by atoms with Crippen LogP contribution in [0.4, 0.5) is 0 Å². The van der Waals surface area contributed by atoms with Crippen molar-refractivity contribution in [3.8, 4) is 0 Å². The third kappa shape index (κ3) is 2.74. The van der Waals surface area contributed by atoms with E-state index in [0.717, 1.165) is 0 Å². The lowest BCUT2D eigenvalue weighted by molar-refractivity contribution is -0.142. The molecule has 0 unspecified atom stereocenters. The van der Waals surface area contributed by atoms with Crippen molar-refractivity contribution in [2.45, 2.75) is 13.3 Å². The van der Waals surface area contributed by atoms with Crippen molar-refractivity contribution in [2.24, 2.45) is 0 Å². The van der Waals surface area contributed by atoms with Crippen LogP contribution in [0.3, 0.4) is 0 Å². The van der Waals surface area contributed by atoms with Gasteiger partial charge in [0, 0.05) is 11.8 Å². The fourth-order valence-electron chi connectivity index (χ4n) is 0.963. The van der Waals surface area contributed by atoms with Gasteiger partial charge in [0.2, 0.25) is 0 Å². The van der Waals surface area contributed by atoms with Crippen LogP contribution in [0.5, 0.6) is 0 Å². The first-order valence-corrected chi connectivity index (χ1v) is 4.06. The third-order valence-corrected chi connectivity index (χ3v) is 1.54. The highest BCUT2D eigenvalue weighted by Crippen LogP contribution is 1.93. The summed E-state index contributed by atoms with van der Waals surface area (Å²) in [5.74, 6) is -0.376. The molecule has 0 bridgehead atoms. The van der Waals surface area contributed by atoms with E-state index in [9.17, 15) is 9.59 Å². The van der Waals surface area contributed by atoms with Crippen LogP contribution >= 0.6 is 0 Å². The quantitative estimate of drug-likeness (QED) is 0.690. The number of carbonyl (C=O) groups is 1. The van der Waals surface area contributed by atoms with Crippen molar-refractivity contribution in [1.82, 2.24) is 4.98 Å². The molecule has 0 amide bonds. The maximum absolute atomic E-state index is 11.1. The topological polar surface area (TPSA) is 59.2 Å². The number of ether oxygens (including phenoxy) is 1. The SMILES string of the molecule is CCOC(=O)Cc1ccc[nH]c1=O. The van der Waals surface area contributed by atoms with Gasteiger partial charge in [0.1, 0.15) is 0 Å². The molecule has 0 aliphatic heterocycles. The number of hydrogen-bond donors (Lipinski definition) is 1. The summed E-state index contributed by atoms with van der Waals surface area (Å²) >= 11 is 0. The Kier molecular flexibility index (Phi) is 3.25. The molecule has 1 N–H and O–H groups in total. The van der Waals surface area contributed by atoms with Gasteiger partial charge in [-0.05, 0) is 13.0 Å². The van der Waals surface area contributed by atoms with Gasteiger partial charge in [-0.15, -0.1) is 0 Å². The molecule has 1 rings (SSSR count). The maximum atomic E-state index is 11.1. The summed E-state index contributed by atoms with van der Waals surface area (Å²) in [5.41, 5.74) is 0.191. The van der Waals surface area contributed by atoms with E-state index in [0.29, 0.717) is 12.2 Å². The minimum Gasteiger partial charge on any atom is -0.466 e. The van der Waals surface area contributed by atoms with Crippen LogP contribution in [-0.4, -0.2) is 17.6 Å². The van der Waals surface area contributed by atoms with Gasteiger partial charge in [0.25, 0.3) is 5.56 Å². The Morgan fingerprint density at radius 2 is 2.38 bits per heavy atom. The zero-order valence-electron chi connectivity index (χ0n) is 7.37. The number of H-pyrrole nitrogens is 1. The summed E-state index contributed by atoms with van der Waals surface area (Å²) in [6.45, 7) is 2.07. The van der Waals surface area contributed by atoms with E-state index < -0.39 is 0 Å². The molecule has 4 nitrogen and oxygen atoms in total. The maximum Gasteiger partial charge on any atom is 0.310 e. The van der Waals surface area contributed by atoms with E-state index in [1.807, 2.05) is 0 Å². The van der Waals surface area contributed by atoms with E-state index in [2.05, 4.69) is 4.98 Å². The molecule has 0 aromatic carbocycles. The minimum atomic E-state index is -0.376. The Bertz CT molecular complexity index is 343. The summed E-state index contributed by atoms with van der Waals surface area (Å²) in [4.78, 5) is 24.6. The number of aromatic nitrogens is 1. The number of hydrogen-bond acceptors (Lipinski definition) is 3. The molecule has 0 aliphatic rings. The molecule has 0 spiro atoms. The summed E-state index contributed by atoms with van der Waals surface area (Å²) in [6.07, 6.45) is 1.56. The van der Waals surface area contributed by atoms with Crippen molar-refractivity contribution in [2.75, 3.05) is 6.61 Å². The lowest BCUT2D eigenvalue weighted by Crippen LogP contribution is -2.17. The molecule has 4 heteroatoms. The molecule has 0 saturated heterocycles. The molecule has 0 fully saturated rings. The summed E-state index contributed by atoms with van der Waals surface area (Å²) in [7, 11) is 0. The van der Waals surface area contributed by atoms with E-state index in [1.165, 1.54) is 6.20 Å². The summed E-state index contributed by atoms with van der Waals surface area (Å²) < 4.78 is 4.71. The Hall–Kier alpha value is -1.58. The monoisotopic (exact) mass is 181 g/mol. The van der Waals surface area contributed by atoms with Crippen molar-refractivity contribution in [1.29, 1.82) is 0 Å². The largest absolute Gasteiger partial charge is 0.466 e. The van der Waals surface area contributed by atoms with Crippen LogP contribution in [0.25, 0.3) is 0 Å². The highest BCUT2D eigenvalue weighted by molar-refractivity contribution is 5.72. The van der Waals surface area contributed by atoms with Gasteiger partial charge >= 0.3 is 5.97 Å². The van der Waals surface area contributed by atoms with Gasteiger partial charge in [-0.1, -0.05) is 6.07 Å². The van der Waals surface area contributed by atoms with Gasteiger partial charge in [-0.3, -0.25) is 9.59 Å². The zero-order chi connectivity index (χ0) is 9.68. The number of pyridine rings is 1. The number of aromatic amines is 1. The Morgan fingerprint density at radius 1 is 1.62 bits per heavy atom. The van der Waals surface area contributed by atoms with E-state index in [1.54, 1.807) is 19.1 Å². The standard InChI is InChI=1S/C9H11NO3/c1-2-13-8(11)6-7-4-3-5-10-9(7)12/h3-5H,2,6H2,1H3,(H,10,12). The first kappa shape index (κ1) is 9.51. The lowest BCUT2D eigenvalue weighted by atomic mass is 10.2.